The molecule has 0 aliphatic rings. The summed E-state index contributed by atoms with van der Waals surface area (Å²) in [5, 5.41) is 13.8. The number of carboxylic acids is 1. The van der Waals surface area contributed by atoms with Crippen molar-refractivity contribution in [3.8, 4) is 0 Å². The Labute approximate surface area is 117 Å². The molecule has 2 aromatic carbocycles. The Balaban J connectivity index is 0.000000270. The Bertz CT molecular complexity index is 751. The topological polar surface area (TPSA) is 97.5 Å². The molecule has 21 heavy (non-hydrogen) atoms. The molecular formula is C12H10F3NO4S. The van der Waals surface area contributed by atoms with Gasteiger partial charge in [0.1, 0.15) is 0 Å². The molecule has 0 atom stereocenters. The van der Waals surface area contributed by atoms with Crippen LogP contribution in [-0.2, 0) is 14.8 Å². The highest BCUT2D eigenvalue weighted by molar-refractivity contribution is 7.89. The number of alkyl halides is 3. The third kappa shape index (κ3) is 4.72. The summed E-state index contributed by atoms with van der Waals surface area (Å²) in [5.74, 6) is -2.76. The van der Waals surface area contributed by atoms with Gasteiger partial charge >= 0.3 is 12.1 Å². The van der Waals surface area contributed by atoms with Crippen LogP contribution in [0.2, 0.25) is 0 Å². The first-order valence-electron chi connectivity index (χ1n) is 5.34. The van der Waals surface area contributed by atoms with Crippen LogP contribution in [0.15, 0.2) is 47.4 Å². The van der Waals surface area contributed by atoms with Gasteiger partial charge in [-0.3, -0.25) is 0 Å². The summed E-state index contributed by atoms with van der Waals surface area (Å²) in [4.78, 5) is 9.07. The number of primary sulfonamides is 1. The number of carbonyl (C=O) groups is 1. The summed E-state index contributed by atoms with van der Waals surface area (Å²) < 4.78 is 54.2. The van der Waals surface area contributed by atoms with Crippen molar-refractivity contribution in [2.24, 2.45) is 5.14 Å². The van der Waals surface area contributed by atoms with Crippen LogP contribution in [0, 0.1) is 0 Å². The van der Waals surface area contributed by atoms with Gasteiger partial charge in [-0.2, -0.15) is 13.2 Å². The fraction of sp³-hybridized carbons (Fsp3) is 0.0833. The van der Waals surface area contributed by atoms with E-state index in [2.05, 4.69) is 0 Å². The Hall–Kier alpha value is -2.13. The summed E-state index contributed by atoms with van der Waals surface area (Å²) in [6.45, 7) is 0. The van der Waals surface area contributed by atoms with Crippen LogP contribution in [0.3, 0.4) is 0 Å². The van der Waals surface area contributed by atoms with Crippen LogP contribution in [-0.4, -0.2) is 25.7 Å². The number of fused-ring (bicyclic) bond motifs is 1. The summed E-state index contributed by atoms with van der Waals surface area (Å²) in [6, 6.07) is 12.3. The lowest BCUT2D eigenvalue weighted by molar-refractivity contribution is -0.192. The zero-order valence-corrected chi connectivity index (χ0v) is 11.1. The lowest BCUT2D eigenvalue weighted by Gasteiger charge is -2.02. The van der Waals surface area contributed by atoms with Gasteiger partial charge < -0.3 is 5.11 Å². The predicted molar refractivity (Wildman–Crippen MR) is 69.0 cm³/mol. The summed E-state index contributed by atoms with van der Waals surface area (Å²) in [5.41, 5.74) is 0. The normalized spacial score (nSPS) is 11.6. The Kier molecular flexibility index (Phi) is 4.92. The molecule has 2 rings (SSSR count). The molecule has 114 valence electrons. The maximum atomic E-state index is 11.2. The van der Waals surface area contributed by atoms with Crippen LogP contribution in [0.1, 0.15) is 0 Å². The largest absolute Gasteiger partial charge is 0.490 e. The highest BCUT2D eigenvalue weighted by atomic mass is 32.2. The van der Waals surface area contributed by atoms with Crippen LogP contribution in [0.5, 0.6) is 0 Å². The average Bonchev–Trinajstić information content (AvgIpc) is 2.36. The number of halogens is 3. The van der Waals surface area contributed by atoms with Crippen molar-refractivity contribution in [1.82, 2.24) is 0 Å². The van der Waals surface area contributed by atoms with E-state index < -0.39 is 22.2 Å². The van der Waals surface area contributed by atoms with Gasteiger partial charge in [0.2, 0.25) is 10.0 Å². The fourth-order valence-corrected chi connectivity index (χ4v) is 2.20. The zero-order valence-electron chi connectivity index (χ0n) is 10.3. The van der Waals surface area contributed by atoms with Gasteiger partial charge in [0.15, 0.2) is 0 Å². The zero-order chi connectivity index (χ0) is 16.3. The standard InChI is InChI=1S/C10H9NO2S.C2HF3O2/c11-14(12,13)10-7-3-5-8-4-1-2-6-9(8)10;3-2(4,5)1(6)7/h1-7H,(H2,11,12,13);(H,6,7). The van der Waals surface area contributed by atoms with Crippen LogP contribution >= 0.6 is 0 Å². The lowest BCUT2D eigenvalue weighted by atomic mass is 10.1. The van der Waals surface area contributed by atoms with Crippen molar-refractivity contribution < 1.29 is 31.5 Å². The molecule has 0 saturated heterocycles. The molecule has 0 aliphatic carbocycles. The number of hydrogen-bond donors (Lipinski definition) is 2. The minimum atomic E-state index is -5.08. The Morgan fingerprint density at radius 1 is 1.05 bits per heavy atom. The first-order chi connectivity index (χ1) is 9.53. The van der Waals surface area contributed by atoms with Crippen LogP contribution < -0.4 is 5.14 Å². The third-order valence-corrected chi connectivity index (χ3v) is 3.27. The Morgan fingerprint density at radius 2 is 1.52 bits per heavy atom. The maximum absolute atomic E-state index is 11.2. The maximum Gasteiger partial charge on any atom is 0.490 e. The smallest absolute Gasteiger partial charge is 0.475 e. The van der Waals surface area contributed by atoms with E-state index in [1.807, 2.05) is 18.2 Å². The molecule has 0 radical (unpaired) electrons. The molecular weight excluding hydrogens is 311 g/mol. The molecule has 0 aromatic heterocycles. The van der Waals surface area contributed by atoms with Gasteiger partial charge in [-0.25, -0.2) is 18.4 Å². The molecule has 0 bridgehead atoms. The molecule has 5 nitrogen and oxygen atoms in total. The van der Waals surface area contributed by atoms with Crippen molar-refractivity contribution in [3.63, 3.8) is 0 Å². The third-order valence-electron chi connectivity index (χ3n) is 2.30. The lowest BCUT2D eigenvalue weighted by Crippen LogP contribution is -2.21. The van der Waals surface area contributed by atoms with Crippen molar-refractivity contribution >= 4 is 26.8 Å². The number of carboxylic acid groups (broad SMARTS) is 1. The van der Waals surface area contributed by atoms with E-state index in [1.165, 1.54) is 6.07 Å². The van der Waals surface area contributed by atoms with Crippen molar-refractivity contribution in [2.75, 3.05) is 0 Å². The highest BCUT2D eigenvalue weighted by Crippen LogP contribution is 2.21. The van der Waals surface area contributed by atoms with Gasteiger partial charge in [-0.1, -0.05) is 36.4 Å². The van der Waals surface area contributed by atoms with Crippen LogP contribution in [0.25, 0.3) is 10.8 Å². The summed E-state index contributed by atoms with van der Waals surface area (Å²) in [7, 11) is -3.63. The number of benzene rings is 2. The number of aliphatic carboxylic acids is 1. The van der Waals surface area contributed by atoms with Crippen LogP contribution in [0.4, 0.5) is 13.2 Å². The number of sulfonamides is 1. The number of hydrogen-bond acceptors (Lipinski definition) is 3. The van der Waals surface area contributed by atoms with Gasteiger partial charge in [-0.15, -0.1) is 0 Å². The van der Waals surface area contributed by atoms with E-state index >= 15 is 0 Å². The molecule has 0 aliphatic heterocycles. The van der Waals surface area contributed by atoms with E-state index in [9.17, 15) is 21.6 Å². The first-order valence-corrected chi connectivity index (χ1v) is 6.89. The van der Waals surface area contributed by atoms with E-state index in [4.69, 9.17) is 15.0 Å². The van der Waals surface area contributed by atoms with Crippen molar-refractivity contribution in [1.29, 1.82) is 0 Å². The molecule has 0 amide bonds. The fourth-order valence-electron chi connectivity index (χ4n) is 1.44. The van der Waals surface area contributed by atoms with E-state index in [0.29, 0.717) is 5.39 Å². The second-order valence-corrected chi connectivity index (χ2v) is 5.36. The summed E-state index contributed by atoms with van der Waals surface area (Å²) in [6.07, 6.45) is -5.08. The summed E-state index contributed by atoms with van der Waals surface area (Å²) >= 11 is 0. The molecule has 3 N–H and O–H groups in total. The second kappa shape index (κ2) is 6.10. The Morgan fingerprint density at radius 3 is 2.00 bits per heavy atom. The number of nitrogens with two attached hydrogens (primary N) is 1. The molecule has 0 unspecified atom stereocenters. The minimum absolute atomic E-state index is 0.176. The van der Waals surface area contributed by atoms with Gasteiger partial charge in [-0.05, 0) is 11.5 Å². The molecule has 0 spiro atoms. The van der Waals surface area contributed by atoms with Crippen molar-refractivity contribution in [3.05, 3.63) is 42.5 Å². The van der Waals surface area contributed by atoms with E-state index in [-0.39, 0.29) is 4.90 Å². The second-order valence-electron chi connectivity index (χ2n) is 3.83. The molecule has 2 aromatic rings. The molecule has 0 fully saturated rings. The first kappa shape index (κ1) is 16.9. The molecule has 9 heteroatoms. The minimum Gasteiger partial charge on any atom is -0.475 e. The van der Waals surface area contributed by atoms with Crippen molar-refractivity contribution in [2.45, 2.75) is 11.1 Å². The quantitative estimate of drug-likeness (QED) is 0.840. The van der Waals surface area contributed by atoms with Gasteiger partial charge in [0, 0.05) is 5.39 Å². The van der Waals surface area contributed by atoms with E-state index in [1.54, 1.807) is 18.2 Å². The highest BCUT2D eigenvalue weighted by Gasteiger charge is 2.38. The monoisotopic (exact) mass is 321 g/mol. The molecule has 0 heterocycles. The number of rotatable bonds is 1. The predicted octanol–water partition coefficient (Wildman–Crippen LogP) is 2.12. The van der Waals surface area contributed by atoms with Gasteiger partial charge in [0.05, 0.1) is 4.90 Å². The molecule has 0 saturated carbocycles. The average molecular weight is 321 g/mol. The van der Waals surface area contributed by atoms with E-state index in [0.717, 1.165) is 5.39 Å². The van der Waals surface area contributed by atoms with Gasteiger partial charge in [0.25, 0.3) is 0 Å². The SMILES string of the molecule is NS(=O)(=O)c1cccc2ccccc12.O=C(O)C(F)(F)F.